The second kappa shape index (κ2) is 8.42. The zero-order chi connectivity index (χ0) is 20.1. The van der Waals surface area contributed by atoms with E-state index in [1.807, 2.05) is 24.3 Å². The van der Waals surface area contributed by atoms with Crippen molar-refractivity contribution < 1.29 is 14.0 Å². The molecule has 2 N–H and O–H groups in total. The summed E-state index contributed by atoms with van der Waals surface area (Å²) in [5.41, 5.74) is 0.865. The van der Waals surface area contributed by atoms with Gasteiger partial charge in [-0.1, -0.05) is 18.2 Å². The van der Waals surface area contributed by atoms with Crippen molar-refractivity contribution in [3.8, 4) is 0 Å². The number of benzene rings is 2. The summed E-state index contributed by atoms with van der Waals surface area (Å²) in [6, 6.07) is 13.9. The van der Waals surface area contributed by atoms with Crippen molar-refractivity contribution in [3.63, 3.8) is 0 Å². The zero-order valence-electron chi connectivity index (χ0n) is 16.3. The summed E-state index contributed by atoms with van der Waals surface area (Å²) in [6.07, 6.45) is 2.41. The van der Waals surface area contributed by atoms with Gasteiger partial charge in [-0.05, 0) is 57.0 Å². The molecule has 1 heterocycles. The topological polar surface area (TPSA) is 61.4 Å². The van der Waals surface area contributed by atoms with E-state index < -0.39 is 17.2 Å². The largest absolute Gasteiger partial charge is 0.372 e. The van der Waals surface area contributed by atoms with E-state index >= 15 is 0 Å². The molecule has 1 saturated heterocycles. The highest BCUT2D eigenvalue weighted by Gasteiger charge is 2.36. The van der Waals surface area contributed by atoms with Crippen LogP contribution in [0.15, 0.2) is 48.5 Å². The molecule has 0 aliphatic carbocycles. The smallest absolute Gasteiger partial charge is 0.239 e. The average Bonchev–Trinajstić information content (AvgIpc) is 3.22. The molecule has 148 valence electrons. The quantitative estimate of drug-likeness (QED) is 0.748. The number of carbonyl (C=O) groups is 2. The summed E-state index contributed by atoms with van der Waals surface area (Å²) in [4.78, 5) is 27.5. The first-order chi connectivity index (χ1) is 13.4. The van der Waals surface area contributed by atoms with Crippen LogP contribution < -0.4 is 15.5 Å². The average molecular weight is 383 g/mol. The molecule has 0 unspecified atom stereocenters. The van der Waals surface area contributed by atoms with Gasteiger partial charge < -0.3 is 15.5 Å². The molecule has 0 bridgehead atoms. The van der Waals surface area contributed by atoms with E-state index in [4.69, 9.17) is 0 Å². The Balaban J connectivity index is 1.58. The molecule has 1 aliphatic rings. The van der Waals surface area contributed by atoms with Crippen LogP contribution in [0.25, 0.3) is 0 Å². The molecular formula is C22H26FN3O2. The van der Waals surface area contributed by atoms with E-state index in [0.717, 1.165) is 18.8 Å². The number of hydrogen-bond donors (Lipinski definition) is 2. The van der Waals surface area contributed by atoms with Crippen LogP contribution in [0, 0.1) is 11.2 Å². The van der Waals surface area contributed by atoms with E-state index in [1.165, 1.54) is 18.9 Å². The maximum absolute atomic E-state index is 13.7. The molecule has 2 aromatic carbocycles. The van der Waals surface area contributed by atoms with Crippen molar-refractivity contribution in [1.29, 1.82) is 0 Å². The molecule has 0 atom stereocenters. The number of halogens is 1. The van der Waals surface area contributed by atoms with Crippen molar-refractivity contribution in [2.75, 3.05) is 23.3 Å². The van der Waals surface area contributed by atoms with E-state index in [-0.39, 0.29) is 12.4 Å². The summed E-state index contributed by atoms with van der Waals surface area (Å²) in [7, 11) is 0. The summed E-state index contributed by atoms with van der Waals surface area (Å²) < 4.78 is 13.7. The van der Waals surface area contributed by atoms with Crippen LogP contribution in [0.5, 0.6) is 0 Å². The summed E-state index contributed by atoms with van der Waals surface area (Å²) in [6.45, 7) is 5.25. The number of hydrogen-bond acceptors (Lipinski definition) is 3. The van der Waals surface area contributed by atoms with Crippen LogP contribution in [-0.4, -0.2) is 24.9 Å². The SMILES string of the molecule is CC(C)(C(=O)NCc1ccccc1F)C(=O)Nc1ccc(N2CCCC2)cc1. The Morgan fingerprint density at radius 2 is 1.64 bits per heavy atom. The third-order valence-electron chi connectivity index (χ3n) is 5.13. The maximum Gasteiger partial charge on any atom is 0.239 e. The fourth-order valence-electron chi connectivity index (χ4n) is 3.16. The first-order valence-electron chi connectivity index (χ1n) is 9.56. The molecule has 0 saturated carbocycles. The molecular weight excluding hydrogens is 357 g/mol. The molecule has 0 spiro atoms. The van der Waals surface area contributed by atoms with Gasteiger partial charge in [0.15, 0.2) is 0 Å². The lowest BCUT2D eigenvalue weighted by Gasteiger charge is -2.23. The van der Waals surface area contributed by atoms with Crippen LogP contribution in [0.4, 0.5) is 15.8 Å². The van der Waals surface area contributed by atoms with Gasteiger partial charge in [0.2, 0.25) is 11.8 Å². The minimum Gasteiger partial charge on any atom is -0.372 e. The second-order valence-corrected chi connectivity index (χ2v) is 7.59. The third kappa shape index (κ3) is 4.50. The van der Waals surface area contributed by atoms with Crippen LogP contribution in [0.3, 0.4) is 0 Å². The minimum absolute atomic E-state index is 0.0345. The Morgan fingerprint density at radius 3 is 2.29 bits per heavy atom. The highest BCUT2D eigenvalue weighted by molar-refractivity contribution is 6.09. The Labute approximate surface area is 164 Å². The molecule has 1 fully saturated rings. The van der Waals surface area contributed by atoms with Gasteiger partial charge in [0.05, 0.1) is 0 Å². The molecule has 2 aromatic rings. The summed E-state index contributed by atoms with van der Waals surface area (Å²) in [5, 5.41) is 5.44. The Hall–Kier alpha value is -2.89. The lowest BCUT2D eigenvalue weighted by atomic mass is 9.90. The number of nitrogens with zero attached hydrogens (tertiary/aromatic N) is 1. The highest BCUT2D eigenvalue weighted by atomic mass is 19.1. The number of rotatable bonds is 6. The summed E-state index contributed by atoms with van der Waals surface area (Å²) >= 11 is 0. The fraction of sp³-hybridized carbons (Fsp3) is 0.364. The van der Waals surface area contributed by atoms with E-state index in [2.05, 4.69) is 15.5 Å². The van der Waals surface area contributed by atoms with Crippen LogP contribution >= 0.6 is 0 Å². The molecule has 28 heavy (non-hydrogen) atoms. The molecule has 5 nitrogen and oxygen atoms in total. The van der Waals surface area contributed by atoms with Gasteiger partial charge in [0, 0.05) is 36.6 Å². The predicted molar refractivity (Wildman–Crippen MR) is 109 cm³/mol. The second-order valence-electron chi connectivity index (χ2n) is 7.59. The van der Waals surface area contributed by atoms with Crippen molar-refractivity contribution in [1.82, 2.24) is 5.32 Å². The van der Waals surface area contributed by atoms with Crippen molar-refractivity contribution in [2.45, 2.75) is 33.2 Å². The lowest BCUT2D eigenvalue weighted by molar-refractivity contribution is -0.138. The summed E-state index contributed by atoms with van der Waals surface area (Å²) in [5.74, 6) is -1.25. The number of nitrogens with one attached hydrogen (secondary N) is 2. The first-order valence-corrected chi connectivity index (χ1v) is 9.56. The van der Waals surface area contributed by atoms with Gasteiger partial charge in [-0.25, -0.2) is 4.39 Å². The van der Waals surface area contributed by atoms with Crippen molar-refractivity contribution >= 4 is 23.2 Å². The van der Waals surface area contributed by atoms with Crippen LogP contribution in [-0.2, 0) is 16.1 Å². The third-order valence-corrected chi connectivity index (χ3v) is 5.13. The number of anilines is 2. The zero-order valence-corrected chi connectivity index (χ0v) is 16.3. The minimum atomic E-state index is -1.29. The lowest BCUT2D eigenvalue weighted by Crippen LogP contribution is -2.45. The molecule has 1 aliphatic heterocycles. The first kappa shape index (κ1) is 19.9. The predicted octanol–water partition coefficient (Wildman–Crippen LogP) is 3.71. The van der Waals surface area contributed by atoms with Gasteiger partial charge in [-0.2, -0.15) is 0 Å². The van der Waals surface area contributed by atoms with Gasteiger partial charge in [0.25, 0.3) is 0 Å². The Morgan fingerprint density at radius 1 is 1.00 bits per heavy atom. The van der Waals surface area contributed by atoms with Gasteiger partial charge in [-0.15, -0.1) is 0 Å². The van der Waals surface area contributed by atoms with Gasteiger partial charge >= 0.3 is 0 Å². The Bertz CT molecular complexity index is 843. The van der Waals surface area contributed by atoms with Crippen LogP contribution in [0.2, 0.25) is 0 Å². The molecule has 0 radical (unpaired) electrons. The fourth-order valence-corrected chi connectivity index (χ4v) is 3.16. The standard InChI is InChI=1S/C22H26FN3O2/c1-22(2,20(27)24-15-16-7-3-4-8-19(16)23)21(28)25-17-9-11-18(12-10-17)26-13-5-6-14-26/h3-4,7-12H,5-6,13-15H2,1-2H3,(H,24,27)(H,25,28). The highest BCUT2D eigenvalue weighted by Crippen LogP contribution is 2.24. The normalized spacial score (nSPS) is 14.0. The maximum atomic E-state index is 13.7. The molecule has 2 amide bonds. The van der Waals surface area contributed by atoms with Crippen molar-refractivity contribution in [3.05, 3.63) is 59.9 Å². The van der Waals surface area contributed by atoms with Crippen molar-refractivity contribution in [2.24, 2.45) is 5.41 Å². The number of amides is 2. The van der Waals surface area contributed by atoms with Gasteiger partial charge in [0.1, 0.15) is 11.2 Å². The number of carbonyl (C=O) groups excluding carboxylic acids is 2. The van der Waals surface area contributed by atoms with E-state index in [9.17, 15) is 14.0 Å². The monoisotopic (exact) mass is 383 g/mol. The molecule has 3 rings (SSSR count). The molecule has 6 heteroatoms. The Kier molecular flexibility index (Phi) is 5.97. The van der Waals surface area contributed by atoms with E-state index in [1.54, 1.807) is 32.0 Å². The molecule has 0 aromatic heterocycles. The van der Waals surface area contributed by atoms with Crippen LogP contribution in [0.1, 0.15) is 32.3 Å². The van der Waals surface area contributed by atoms with E-state index in [0.29, 0.717) is 11.3 Å². The van der Waals surface area contributed by atoms with Gasteiger partial charge in [-0.3, -0.25) is 9.59 Å².